The van der Waals surface area contributed by atoms with Crippen molar-refractivity contribution >= 4 is 0 Å². The largest absolute Gasteiger partial charge is 0.487 e. The molecule has 1 aromatic rings. The number of halogens is 4. The Hall–Kier alpha value is -1.26. The summed E-state index contributed by atoms with van der Waals surface area (Å²) in [4.78, 5) is 0. The zero-order valence-electron chi connectivity index (χ0n) is 10.5. The number of unbranched alkanes of at least 4 members (excludes halogenated alkanes) is 3. The molecule has 0 aliphatic rings. The third-order valence-electron chi connectivity index (χ3n) is 2.69. The van der Waals surface area contributed by atoms with Crippen molar-refractivity contribution in [1.82, 2.24) is 0 Å². The lowest BCUT2D eigenvalue weighted by Gasteiger charge is -2.11. The first kappa shape index (κ1) is 14.8. The fourth-order valence-corrected chi connectivity index (χ4v) is 1.55. The van der Waals surface area contributed by atoms with Gasteiger partial charge in [0.2, 0.25) is 11.6 Å². The zero-order chi connectivity index (χ0) is 13.7. The first-order valence-electron chi connectivity index (χ1n) is 5.96. The van der Waals surface area contributed by atoms with Gasteiger partial charge in [-0.1, -0.05) is 26.2 Å². The second-order valence-electron chi connectivity index (χ2n) is 4.12. The average molecular weight is 264 g/mol. The Balaban J connectivity index is 2.77. The second kappa shape index (κ2) is 6.61. The van der Waals surface area contributed by atoms with Crippen molar-refractivity contribution in [1.29, 1.82) is 0 Å². The van der Waals surface area contributed by atoms with E-state index in [2.05, 4.69) is 0 Å². The molecule has 1 aromatic carbocycles. The van der Waals surface area contributed by atoms with Crippen LogP contribution in [0.5, 0.6) is 5.75 Å². The van der Waals surface area contributed by atoms with E-state index in [4.69, 9.17) is 4.74 Å². The molecule has 0 atom stereocenters. The van der Waals surface area contributed by atoms with E-state index in [9.17, 15) is 17.6 Å². The standard InChI is InChI=1S/C13H16F4O/c1-3-4-5-6-7-18-13-11(16)9(14)8(2)10(15)12(13)17/h3-7H2,1-2H3. The van der Waals surface area contributed by atoms with E-state index >= 15 is 0 Å². The van der Waals surface area contributed by atoms with E-state index in [1.165, 1.54) is 0 Å². The lowest BCUT2D eigenvalue weighted by atomic mass is 10.2. The van der Waals surface area contributed by atoms with Crippen LogP contribution in [0.1, 0.15) is 38.2 Å². The average Bonchev–Trinajstić information content (AvgIpc) is 2.37. The predicted molar refractivity (Wildman–Crippen MR) is 60.6 cm³/mol. The van der Waals surface area contributed by atoms with Crippen LogP contribution in [0.2, 0.25) is 0 Å². The van der Waals surface area contributed by atoms with Crippen LogP contribution in [0.25, 0.3) is 0 Å². The Morgan fingerprint density at radius 3 is 1.89 bits per heavy atom. The van der Waals surface area contributed by atoms with Gasteiger partial charge in [-0.3, -0.25) is 0 Å². The Bertz CT molecular complexity index is 389. The van der Waals surface area contributed by atoms with Gasteiger partial charge in [-0.25, -0.2) is 8.78 Å². The molecule has 0 aromatic heterocycles. The van der Waals surface area contributed by atoms with Crippen molar-refractivity contribution < 1.29 is 22.3 Å². The highest BCUT2D eigenvalue weighted by Crippen LogP contribution is 2.29. The van der Waals surface area contributed by atoms with Gasteiger partial charge in [0.25, 0.3) is 0 Å². The van der Waals surface area contributed by atoms with Gasteiger partial charge in [-0.15, -0.1) is 0 Å². The molecular weight excluding hydrogens is 248 g/mol. The molecule has 0 bridgehead atoms. The maximum Gasteiger partial charge on any atom is 0.204 e. The van der Waals surface area contributed by atoms with Crippen LogP contribution in [-0.4, -0.2) is 6.61 Å². The quantitative estimate of drug-likeness (QED) is 0.417. The maximum atomic E-state index is 13.4. The summed E-state index contributed by atoms with van der Waals surface area (Å²) in [5.74, 6) is -6.72. The number of benzene rings is 1. The molecule has 1 nitrogen and oxygen atoms in total. The van der Waals surface area contributed by atoms with E-state index in [1.807, 2.05) is 6.92 Å². The molecule has 0 radical (unpaired) electrons. The molecular formula is C13H16F4O. The van der Waals surface area contributed by atoms with Gasteiger partial charge < -0.3 is 4.74 Å². The van der Waals surface area contributed by atoms with Gasteiger partial charge in [-0.2, -0.15) is 8.78 Å². The molecule has 0 unspecified atom stereocenters. The summed E-state index contributed by atoms with van der Waals surface area (Å²) in [5, 5.41) is 0. The van der Waals surface area contributed by atoms with E-state index < -0.39 is 34.6 Å². The van der Waals surface area contributed by atoms with Gasteiger partial charge in [0.15, 0.2) is 17.4 Å². The fraction of sp³-hybridized carbons (Fsp3) is 0.538. The number of rotatable bonds is 6. The van der Waals surface area contributed by atoms with Crippen molar-refractivity contribution in [2.45, 2.75) is 39.5 Å². The summed E-state index contributed by atoms with van der Waals surface area (Å²) in [5.41, 5.74) is -0.677. The topological polar surface area (TPSA) is 9.23 Å². The predicted octanol–water partition coefficient (Wildman–Crippen LogP) is 4.51. The Morgan fingerprint density at radius 1 is 0.833 bits per heavy atom. The molecule has 18 heavy (non-hydrogen) atoms. The van der Waals surface area contributed by atoms with Crippen LogP contribution in [0, 0.1) is 30.2 Å². The Morgan fingerprint density at radius 2 is 1.39 bits per heavy atom. The third kappa shape index (κ3) is 3.15. The van der Waals surface area contributed by atoms with Gasteiger partial charge in [0.05, 0.1) is 6.61 Å². The lowest BCUT2D eigenvalue weighted by Crippen LogP contribution is -2.07. The van der Waals surface area contributed by atoms with Crippen molar-refractivity contribution in [3.63, 3.8) is 0 Å². The molecule has 0 fully saturated rings. The van der Waals surface area contributed by atoms with Crippen molar-refractivity contribution in [3.05, 3.63) is 28.8 Å². The highest BCUT2D eigenvalue weighted by molar-refractivity contribution is 5.33. The van der Waals surface area contributed by atoms with Crippen molar-refractivity contribution in [3.8, 4) is 5.75 Å². The minimum atomic E-state index is -1.47. The van der Waals surface area contributed by atoms with Crippen LogP contribution in [0.15, 0.2) is 0 Å². The molecule has 0 aliphatic carbocycles. The molecule has 0 amide bonds. The molecule has 5 heteroatoms. The van der Waals surface area contributed by atoms with E-state index in [-0.39, 0.29) is 6.61 Å². The summed E-state index contributed by atoms with van der Waals surface area (Å²) < 4.78 is 57.9. The van der Waals surface area contributed by atoms with E-state index in [1.54, 1.807) is 0 Å². The normalized spacial score (nSPS) is 10.8. The zero-order valence-corrected chi connectivity index (χ0v) is 10.5. The maximum absolute atomic E-state index is 13.4. The second-order valence-corrected chi connectivity index (χ2v) is 4.12. The summed E-state index contributed by atoms with van der Waals surface area (Å²) in [6.07, 6.45) is 3.42. The first-order valence-corrected chi connectivity index (χ1v) is 5.96. The van der Waals surface area contributed by atoms with Gasteiger partial charge in [0, 0.05) is 5.56 Å². The Labute approximate surface area is 104 Å². The number of hydrogen-bond acceptors (Lipinski definition) is 1. The minimum Gasteiger partial charge on any atom is -0.487 e. The number of ether oxygens (including phenoxy) is 1. The van der Waals surface area contributed by atoms with Crippen LogP contribution in [0.4, 0.5) is 17.6 Å². The van der Waals surface area contributed by atoms with E-state index in [0.29, 0.717) is 6.42 Å². The molecule has 0 heterocycles. The SMILES string of the molecule is CCCCCCOc1c(F)c(F)c(C)c(F)c1F. The molecule has 102 valence electrons. The summed E-state index contributed by atoms with van der Waals surface area (Å²) in [6.45, 7) is 3.03. The highest BCUT2D eigenvalue weighted by atomic mass is 19.2. The molecule has 0 saturated heterocycles. The summed E-state index contributed by atoms with van der Waals surface area (Å²) in [6, 6.07) is 0. The van der Waals surface area contributed by atoms with Crippen molar-refractivity contribution in [2.24, 2.45) is 0 Å². The first-order chi connectivity index (χ1) is 8.50. The fourth-order valence-electron chi connectivity index (χ4n) is 1.55. The monoisotopic (exact) mass is 264 g/mol. The van der Waals surface area contributed by atoms with Crippen LogP contribution in [-0.2, 0) is 0 Å². The van der Waals surface area contributed by atoms with Crippen LogP contribution in [0.3, 0.4) is 0 Å². The van der Waals surface area contributed by atoms with Crippen molar-refractivity contribution in [2.75, 3.05) is 6.61 Å². The van der Waals surface area contributed by atoms with Gasteiger partial charge in [0.1, 0.15) is 0 Å². The molecule has 1 rings (SSSR count). The Kier molecular flexibility index (Phi) is 5.44. The molecule has 0 aliphatic heterocycles. The van der Waals surface area contributed by atoms with Gasteiger partial charge >= 0.3 is 0 Å². The van der Waals surface area contributed by atoms with Gasteiger partial charge in [-0.05, 0) is 13.3 Å². The van der Waals surface area contributed by atoms with Crippen LogP contribution >= 0.6 is 0 Å². The molecule has 0 N–H and O–H groups in total. The molecule has 0 spiro atoms. The summed E-state index contributed by atoms with van der Waals surface area (Å²) >= 11 is 0. The summed E-state index contributed by atoms with van der Waals surface area (Å²) in [7, 11) is 0. The van der Waals surface area contributed by atoms with Crippen LogP contribution < -0.4 is 4.74 Å². The highest BCUT2D eigenvalue weighted by Gasteiger charge is 2.24. The minimum absolute atomic E-state index is 0.0375. The van der Waals surface area contributed by atoms with E-state index in [0.717, 1.165) is 26.2 Å². The smallest absolute Gasteiger partial charge is 0.204 e. The molecule has 0 saturated carbocycles. The number of hydrogen-bond donors (Lipinski definition) is 0. The third-order valence-corrected chi connectivity index (χ3v) is 2.69. The lowest BCUT2D eigenvalue weighted by molar-refractivity contribution is 0.263.